The minimum absolute atomic E-state index is 0.590. The van der Waals surface area contributed by atoms with Gasteiger partial charge in [-0.1, -0.05) is 26.7 Å². The van der Waals surface area contributed by atoms with Gasteiger partial charge in [0.1, 0.15) is 0 Å². The molecular formula is C16H27NS. The number of aryl methyl sites for hydroxylation is 2. The van der Waals surface area contributed by atoms with Gasteiger partial charge in [-0.15, -0.1) is 11.3 Å². The first kappa shape index (κ1) is 14.1. The second-order valence-electron chi connectivity index (χ2n) is 5.92. The summed E-state index contributed by atoms with van der Waals surface area (Å²) in [5.74, 6) is 1.78. The molecule has 1 nitrogen and oxygen atoms in total. The molecule has 102 valence electrons. The van der Waals surface area contributed by atoms with Gasteiger partial charge in [0.05, 0.1) is 0 Å². The molecule has 1 aromatic heterocycles. The highest BCUT2D eigenvalue weighted by molar-refractivity contribution is 7.12. The van der Waals surface area contributed by atoms with Gasteiger partial charge in [-0.3, -0.25) is 0 Å². The molecule has 2 rings (SSSR count). The van der Waals surface area contributed by atoms with Gasteiger partial charge in [0.15, 0.2) is 0 Å². The van der Waals surface area contributed by atoms with Crippen LogP contribution >= 0.6 is 11.3 Å². The molecule has 1 aliphatic rings. The van der Waals surface area contributed by atoms with Crippen LogP contribution in [-0.4, -0.2) is 6.54 Å². The van der Waals surface area contributed by atoms with E-state index in [-0.39, 0.29) is 0 Å². The van der Waals surface area contributed by atoms with Crippen molar-refractivity contribution in [1.29, 1.82) is 0 Å². The van der Waals surface area contributed by atoms with Gasteiger partial charge >= 0.3 is 0 Å². The summed E-state index contributed by atoms with van der Waals surface area (Å²) in [6.07, 6.45) is 5.61. The van der Waals surface area contributed by atoms with Crippen LogP contribution in [0.1, 0.15) is 60.9 Å². The van der Waals surface area contributed by atoms with E-state index in [4.69, 9.17) is 0 Å². The quantitative estimate of drug-likeness (QED) is 0.821. The lowest BCUT2D eigenvalue weighted by atomic mass is 9.77. The maximum Gasteiger partial charge on any atom is 0.0359 e. The predicted molar refractivity (Wildman–Crippen MR) is 81.3 cm³/mol. The molecule has 0 aromatic carbocycles. The van der Waals surface area contributed by atoms with Crippen LogP contribution in [0.15, 0.2) is 6.07 Å². The van der Waals surface area contributed by atoms with E-state index in [0.29, 0.717) is 6.04 Å². The van der Waals surface area contributed by atoms with Crippen molar-refractivity contribution in [2.24, 2.45) is 11.8 Å². The van der Waals surface area contributed by atoms with Gasteiger partial charge in [0.2, 0.25) is 0 Å². The number of thiophene rings is 1. The summed E-state index contributed by atoms with van der Waals surface area (Å²) in [6, 6.07) is 3.00. The summed E-state index contributed by atoms with van der Waals surface area (Å²) in [4.78, 5) is 2.96. The van der Waals surface area contributed by atoms with Gasteiger partial charge in [-0.05, 0) is 56.7 Å². The van der Waals surface area contributed by atoms with Crippen molar-refractivity contribution >= 4 is 11.3 Å². The molecule has 1 aliphatic carbocycles. The smallest absolute Gasteiger partial charge is 0.0359 e. The van der Waals surface area contributed by atoms with Gasteiger partial charge in [0.25, 0.3) is 0 Å². The van der Waals surface area contributed by atoms with Crippen LogP contribution < -0.4 is 5.32 Å². The normalized spacial score (nSPS) is 26.2. The summed E-state index contributed by atoms with van der Waals surface area (Å²) in [5, 5.41) is 3.74. The van der Waals surface area contributed by atoms with E-state index >= 15 is 0 Å². The fourth-order valence-electron chi connectivity index (χ4n) is 3.33. The SMILES string of the molecule is CCNC(c1cc(C)sc1C)C1CCC(C)CC1. The van der Waals surface area contributed by atoms with E-state index in [1.807, 2.05) is 11.3 Å². The van der Waals surface area contributed by atoms with Crippen molar-refractivity contribution in [1.82, 2.24) is 5.32 Å². The Labute approximate surface area is 116 Å². The molecule has 18 heavy (non-hydrogen) atoms. The largest absolute Gasteiger partial charge is 0.310 e. The van der Waals surface area contributed by atoms with Gasteiger partial charge < -0.3 is 5.32 Å². The average Bonchev–Trinajstić information content (AvgIpc) is 2.67. The highest BCUT2D eigenvalue weighted by Gasteiger charge is 2.28. The van der Waals surface area contributed by atoms with E-state index in [1.54, 1.807) is 5.56 Å². The van der Waals surface area contributed by atoms with Crippen LogP contribution in [0.3, 0.4) is 0 Å². The molecule has 0 saturated heterocycles. The van der Waals surface area contributed by atoms with Crippen molar-refractivity contribution in [2.75, 3.05) is 6.54 Å². The monoisotopic (exact) mass is 265 g/mol. The third-order valence-electron chi connectivity index (χ3n) is 4.37. The minimum atomic E-state index is 0.590. The molecule has 1 atom stereocenters. The molecule has 0 amide bonds. The Bertz CT molecular complexity index is 374. The minimum Gasteiger partial charge on any atom is -0.310 e. The van der Waals surface area contributed by atoms with E-state index in [9.17, 15) is 0 Å². The first-order chi connectivity index (χ1) is 8.61. The van der Waals surface area contributed by atoms with Gasteiger partial charge in [-0.2, -0.15) is 0 Å². The molecule has 1 N–H and O–H groups in total. The van der Waals surface area contributed by atoms with Crippen molar-refractivity contribution in [3.63, 3.8) is 0 Å². The number of nitrogens with one attached hydrogen (secondary N) is 1. The molecule has 1 heterocycles. The van der Waals surface area contributed by atoms with Crippen molar-refractivity contribution in [2.45, 2.75) is 59.4 Å². The molecule has 1 fully saturated rings. The second-order valence-corrected chi connectivity index (χ2v) is 7.38. The van der Waals surface area contributed by atoms with Gasteiger partial charge in [0, 0.05) is 15.8 Å². The highest BCUT2D eigenvalue weighted by atomic mass is 32.1. The third kappa shape index (κ3) is 3.16. The Morgan fingerprint density at radius 1 is 1.28 bits per heavy atom. The molecule has 1 unspecified atom stereocenters. The summed E-state index contributed by atoms with van der Waals surface area (Å²) in [6.45, 7) is 10.2. The van der Waals surface area contributed by atoms with Crippen LogP contribution in [-0.2, 0) is 0 Å². The standard InChI is InChI=1S/C16H27NS/c1-5-17-16(14-8-6-11(2)7-9-14)15-10-12(3)18-13(15)4/h10-11,14,16-17H,5-9H2,1-4H3. The van der Waals surface area contributed by atoms with Crippen molar-refractivity contribution in [3.05, 3.63) is 21.4 Å². The first-order valence-corrected chi connectivity index (χ1v) is 8.23. The molecule has 0 aliphatic heterocycles. The Balaban J connectivity index is 2.15. The van der Waals surface area contributed by atoms with Crippen LogP contribution in [0, 0.1) is 25.7 Å². The molecular weight excluding hydrogens is 238 g/mol. The Hall–Kier alpha value is -0.340. The number of hydrogen-bond donors (Lipinski definition) is 1. The fourth-order valence-corrected chi connectivity index (χ4v) is 4.30. The third-order valence-corrected chi connectivity index (χ3v) is 5.35. The number of rotatable bonds is 4. The molecule has 1 aromatic rings. The lowest BCUT2D eigenvalue weighted by molar-refractivity contribution is 0.233. The molecule has 0 bridgehead atoms. The average molecular weight is 265 g/mol. The van der Waals surface area contributed by atoms with Crippen LogP contribution in [0.2, 0.25) is 0 Å². The van der Waals surface area contributed by atoms with Crippen molar-refractivity contribution in [3.8, 4) is 0 Å². The predicted octanol–water partition coefficient (Wildman–Crippen LogP) is 4.84. The Kier molecular flexibility index (Phi) is 4.85. The van der Waals surface area contributed by atoms with E-state index in [1.165, 1.54) is 35.4 Å². The van der Waals surface area contributed by atoms with Crippen LogP contribution in [0.25, 0.3) is 0 Å². The summed E-state index contributed by atoms with van der Waals surface area (Å²) in [7, 11) is 0. The first-order valence-electron chi connectivity index (χ1n) is 7.42. The van der Waals surface area contributed by atoms with Crippen LogP contribution in [0.5, 0.6) is 0 Å². The summed E-state index contributed by atoms with van der Waals surface area (Å²) < 4.78 is 0. The molecule has 2 heteroatoms. The van der Waals surface area contributed by atoms with E-state index in [2.05, 4.69) is 39.1 Å². The lowest BCUT2D eigenvalue weighted by Gasteiger charge is -2.33. The van der Waals surface area contributed by atoms with Gasteiger partial charge in [-0.25, -0.2) is 0 Å². The Morgan fingerprint density at radius 3 is 2.44 bits per heavy atom. The molecule has 0 radical (unpaired) electrons. The zero-order valence-electron chi connectivity index (χ0n) is 12.3. The zero-order valence-corrected chi connectivity index (χ0v) is 13.1. The van der Waals surface area contributed by atoms with Crippen molar-refractivity contribution < 1.29 is 0 Å². The van der Waals surface area contributed by atoms with E-state index in [0.717, 1.165) is 18.4 Å². The van der Waals surface area contributed by atoms with Crippen LogP contribution in [0.4, 0.5) is 0 Å². The summed E-state index contributed by atoms with van der Waals surface area (Å²) >= 11 is 1.95. The lowest BCUT2D eigenvalue weighted by Crippen LogP contribution is -2.30. The fraction of sp³-hybridized carbons (Fsp3) is 0.750. The van der Waals surface area contributed by atoms with E-state index < -0.39 is 0 Å². The molecule has 1 saturated carbocycles. The second kappa shape index (κ2) is 6.21. The zero-order chi connectivity index (χ0) is 13.1. The summed E-state index contributed by atoms with van der Waals surface area (Å²) in [5.41, 5.74) is 1.57. The molecule has 0 spiro atoms. The maximum absolute atomic E-state index is 3.74. The Morgan fingerprint density at radius 2 is 1.94 bits per heavy atom. The topological polar surface area (TPSA) is 12.0 Å². The maximum atomic E-state index is 3.74. The highest BCUT2D eigenvalue weighted by Crippen LogP contribution is 2.39. The number of hydrogen-bond acceptors (Lipinski definition) is 2.